The van der Waals surface area contributed by atoms with Gasteiger partial charge in [-0.05, 0) is 176 Å². The molecule has 16 nitrogen and oxygen atoms in total. The van der Waals surface area contributed by atoms with E-state index in [1.165, 1.54) is 31.2 Å². The molecule has 0 bridgehead atoms. The summed E-state index contributed by atoms with van der Waals surface area (Å²) in [5, 5.41) is 32.0. The lowest BCUT2D eigenvalue weighted by molar-refractivity contribution is -0.142. The minimum atomic E-state index is -1.25. The predicted molar refractivity (Wildman–Crippen MR) is 314 cm³/mol. The summed E-state index contributed by atoms with van der Waals surface area (Å²) < 4.78 is 41.9. The smallest absolute Gasteiger partial charge is 0.307 e. The van der Waals surface area contributed by atoms with Crippen LogP contribution in [0.1, 0.15) is 182 Å². The molecule has 22 heteroatoms. The van der Waals surface area contributed by atoms with Crippen LogP contribution in [0.15, 0.2) is 82.5 Å². The van der Waals surface area contributed by atoms with Crippen molar-refractivity contribution >= 4 is 81.3 Å². The van der Waals surface area contributed by atoms with Crippen LogP contribution in [0.25, 0.3) is 0 Å². The van der Waals surface area contributed by atoms with Gasteiger partial charge in [0.25, 0.3) is 0 Å². The van der Waals surface area contributed by atoms with Gasteiger partial charge in [0.15, 0.2) is 21.9 Å². The van der Waals surface area contributed by atoms with Gasteiger partial charge in [-0.3, -0.25) is 19.2 Å². The van der Waals surface area contributed by atoms with Crippen LogP contribution >= 0.6 is 46.4 Å². The molecule has 2 aromatic carbocycles. The fourth-order valence-electron chi connectivity index (χ4n) is 16.9. The second-order valence-electron chi connectivity index (χ2n) is 26.9. The van der Waals surface area contributed by atoms with Crippen LogP contribution in [0.3, 0.4) is 0 Å². The summed E-state index contributed by atoms with van der Waals surface area (Å²) in [5.74, 6) is -3.97. The number of nitrogens with one attached hydrogen (secondary N) is 2. The molecule has 6 heterocycles. The average Bonchev–Trinajstić information content (AvgIpc) is 1.54. The number of benzene rings is 2. The van der Waals surface area contributed by atoms with E-state index in [1.54, 1.807) is 36.4 Å². The van der Waals surface area contributed by atoms with Gasteiger partial charge in [-0.15, -0.1) is 20.4 Å². The maximum Gasteiger partial charge on any atom is 0.307 e. The number of aliphatic carboxylic acids is 1. The molecule has 2 amide bonds. The Labute approximate surface area is 510 Å². The summed E-state index contributed by atoms with van der Waals surface area (Å²) in [4.78, 5) is 63.4. The lowest BCUT2D eigenvalue weighted by Crippen LogP contribution is -2.52. The van der Waals surface area contributed by atoms with Crippen LogP contribution in [-0.4, -0.2) is 65.1 Å². The Kier molecular flexibility index (Phi) is 15.4. The van der Waals surface area contributed by atoms with E-state index < -0.39 is 62.9 Å². The van der Waals surface area contributed by atoms with Gasteiger partial charge in [0, 0.05) is 75.9 Å². The Morgan fingerprint density at radius 1 is 0.635 bits per heavy atom. The number of halogens is 6. The molecule has 4 aromatic heterocycles. The van der Waals surface area contributed by atoms with Crippen LogP contribution in [0.2, 0.25) is 20.4 Å². The van der Waals surface area contributed by atoms with Gasteiger partial charge in [-0.1, -0.05) is 86.2 Å². The molecule has 4 spiro atoms. The van der Waals surface area contributed by atoms with E-state index in [4.69, 9.17) is 61.0 Å². The second-order valence-corrected chi connectivity index (χ2v) is 28.5. The molecule has 5 N–H and O–H groups in total. The molecule has 448 valence electrons. The summed E-state index contributed by atoms with van der Waals surface area (Å²) in [6.45, 7) is 8.89. The SMILES string of the molecule is CC1(C)CCC2(CC1)C[C@@H](C(=O)CC1CC(c3nnco3)C1)[C@H](c1ccnc(Cl)c1F)[C@]21C(=O)Nc2cc(Cl)ccc21.CC1(C)CCC2(CC1)C[C@@H](C(=O)O)[C@H](c1ccnc(Cl)c1F)C21C(=O)Nc2cc(Cl)ccc21.NC1CC(c2nnco2)C1. The highest BCUT2D eigenvalue weighted by Crippen LogP contribution is 2.74. The normalized spacial score (nSPS) is 30.3. The number of rotatable bonds is 8. The number of hydrogen-bond acceptors (Lipinski definition) is 13. The highest BCUT2D eigenvalue weighted by Gasteiger charge is 2.74. The standard InChI is InChI=1S/C32H33Cl2FN4O3.C25H25Cl2FN2O3.C6H9N3O/c1-30(2)6-8-31(9-7-30)15-21(24(40)13-17-11-18(12-17)28-39-37-16-42-28)25(20-5-10-36-27(34)26(20)35)32(31)22-4-3-19(33)14-23(22)38-29(32)41;1-23(2)6-8-24(9-7-23)12-15(21(31)32)18(14-5-10-29-20(27)19(14)28)25(24)16-4-3-13(26)11-17(16)30-22(25)33;7-5-1-4(2-5)6-9-8-3-10-6/h3-5,10,14,16-18,21,25H,6-9,11-13,15H2,1-2H3,(H,38,41);3-5,10-11,15,18H,6-9,12H2,1-2H3,(H,30,33)(H,31,32);3-5H,1-2,7H2/t17?,18?,21-,25-,32+;15-,18+,25?;/m01./s1. The van der Waals surface area contributed by atoms with E-state index in [9.17, 15) is 24.3 Å². The first-order valence-corrected chi connectivity index (χ1v) is 30.8. The zero-order valence-electron chi connectivity index (χ0n) is 47.6. The molecule has 2 aliphatic heterocycles. The molecule has 0 saturated heterocycles. The van der Waals surface area contributed by atoms with Gasteiger partial charge in [-0.25, -0.2) is 18.7 Å². The Balaban J connectivity index is 0.000000146. The third-order valence-electron chi connectivity index (χ3n) is 21.3. The second kappa shape index (κ2) is 22.0. The number of aromatic nitrogens is 6. The lowest BCUT2D eigenvalue weighted by atomic mass is 9.51. The first kappa shape index (κ1) is 59.4. The van der Waals surface area contributed by atoms with Crippen LogP contribution in [-0.2, 0) is 30.0 Å². The van der Waals surface area contributed by atoms with Crippen molar-refractivity contribution in [1.29, 1.82) is 0 Å². The number of Topliss-reactive ketones (excluding diaryl/α,β-unsaturated/α-hetero) is 1. The number of nitrogens with zero attached hydrogens (tertiary/aromatic N) is 6. The van der Waals surface area contributed by atoms with Gasteiger partial charge in [0.2, 0.25) is 36.4 Å². The van der Waals surface area contributed by atoms with E-state index in [-0.39, 0.29) is 68.1 Å². The van der Waals surface area contributed by atoms with Crippen molar-refractivity contribution in [3.63, 3.8) is 0 Å². The molecule has 85 heavy (non-hydrogen) atoms. The molecular formula is C63H67Cl4F2N9O7. The highest BCUT2D eigenvalue weighted by atomic mass is 35.5. The quantitative estimate of drug-likeness (QED) is 0.104. The number of nitrogens with two attached hydrogens (primary N) is 1. The van der Waals surface area contributed by atoms with Crippen molar-refractivity contribution in [1.82, 2.24) is 30.4 Å². The van der Waals surface area contributed by atoms with Crippen LogP contribution in [0.4, 0.5) is 20.2 Å². The van der Waals surface area contributed by atoms with Crippen molar-refractivity contribution in [2.75, 3.05) is 10.6 Å². The number of hydrogen-bond donors (Lipinski definition) is 4. The molecule has 0 radical (unpaired) electrons. The zero-order valence-corrected chi connectivity index (χ0v) is 50.6. The lowest BCUT2D eigenvalue weighted by Gasteiger charge is -2.51. The summed E-state index contributed by atoms with van der Waals surface area (Å²) in [6.07, 6.45) is 16.6. The Morgan fingerprint density at radius 2 is 1.06 bits per heavy atom. The molecule has 1 unspecified atom stereocenters. The summed E-state index contributed by atoms with van der Waals surface area (Å²) >= 11 is 24.9. The van der Waals surface area contributed by atoms with E-state index in [2.05, 4.69) is 68.7 Å². The zero-order chi connectivity index (χ0) is 60.2. The Bertz CT molecular complexity index is 3580. The van der Waals surface area contributed by atoms with Gasteiger partial charge in [0.1, 0.15) is 5.78 Å². The van der Waals surface area contributed by atoms with E-state index in [0.717, 1.165) is 75.7 Å². The fraction of sp³-hybridized carbons (Fsp3) is 0.524. The number of fused-ring (bicyclic) bond motifs is 6. The average molecular weight is 1240 g/mol. The third kappa shape index (κ3) is 9.86. The van der Waals surface area contributed by atoms with Crippen LogP contribution in [0.5, 0.6) is 0 Å². The predicted octanol–water partition coefficient (Wildman–Crippen LogP) is 14.1. The van der Waals surface area contributed by atoms with Crippen LogP contribution in [0, 0.1) is 51.0 Å². The van der Waals surface area contributed by atoms with Gasteiger partial charge in [-0.2, -0.15) is 0 Å². The van der Waals surface area contributed by atoms with Crippen molar-refractivity contribution in [2.24, 2.45) is 45.1 Å². The van der Waals surface area contributed by atoms with Crippen molar-refractivity contribution in [3.8, 4) is 0 Å². The molecule has 6 fully saturated rings. The largest absolute Gasteiger partial charge is 0.481 e. The fourth-order valence-corrected chi connectivity index (χ4v) is 17.5. The topological polar surface area (TPSA) is 242 Å². The maximum atomic E-state index is 16.0. The first-order valence-electron chi connectivity index (χ1n) is 29.3. The number of anilines is 2. The third-order valence-corrected chi connectivity index (χ3v) is 22.3. The van der Waals surface area contributed by atoms with E-state index >= 15 is 8.78 Å². The molecule has 14 rings (SSSR count). The number of pyridine rings is 2. The van der Waals surface area contributed by atoms with E-state index in [1.807, 2.05) is 6.07 Å². The van der Waals surface area contributed by atoms with Gasteiger partial charge >= 0.3 is 5.97 Å². The molecule has 6 atom stereocenters. The number of carboxylic acids is 1. The van der Waals surface area contributed by atoms with Crippen molar-refractivity contribution in [3.05, 3.63) is 140 Å². The number of amides is 2. The summed E-state index contributed by atoms with van der Waals surface area (Å²) in [7, 11) is 0. The number of ketones is 1. The Morgan fingerprint density at radius 3 is 1.47 bits per heavy atom. The van der Waals surface area contributed by atoms with Crippen LogP contribution < -0.4 is 16.4 Å². The molecule has 8 aliphatic rings. The van der Waals surface area contributed by atoms with Crippen molar-refractivity contribution in [2.45, 2.75) is 165 Å². The minimum Gasteiger partial charge on any atom is -0.481 e. The molecule has 6 aromatic rings. The molecular weight excluding hydrogens is 1170 g/mol. The number of carbonyl (C=O) groups excluding carboxylic acids is 3. The van der Waals surface area contributed by atoms with Gasteiger partial charge < -0.3 is 30.3 Å². The maximum absolute atomic E-state index is 16.0. The molecule has 6 saturated carbocycles. The summed E-state index contributed by atoms with van der Waals surface area (Å²) in [5.41, 5.74) is 5.31. The number of carbonyl (C=O) groups is 4. The highest BCUT2D eigenvalue weighted by molar-refractivity contribution is 6.32. The van der Waals surface area contributed by atoms with Crippen molar-refractivity contribution < 1.29 is 41.9 Å². The summed E-state index contributed by atoms with van der Waals surface area (Å²) in [6, 6.07) is 14.1. The number of carboxylic acid groups (broad SMARTS) is 1. The van der Waals surface area contributed by atoms with E-state index in [0.29, 0.717) is 70.5 Å². The molecule has 6 aliphatic carbocycles. The minimum absolute atomic E-state index is 0.0672. The Hall–Kier alpha value is -5.92. The first-order chi connectivity index (χ1) is 40.4. The monoisotopic (exact) mass is 1240 g/mol. The van der Waals surface area contributed by atoms with Gasteiger partial charge in [0.05, 0.1) is 16.7 Å².